The molecule has 0 heterocycles. The van der Waals surface area contributed by atoms with E-state index in [4.69, 9.17) is 4.74 Å². The van der Waals surface area contributed by atoms with Crippen LogP contribution in [0.4, 0.5) is 0 Å². The number of ether oxygens (including phenoxy) is 1. The molecule has 0 radical (unpaired) electrons. The highest BCUT2D eigenvalue weighted by atomic mass is 16.5. The number of carbonyl (C=O) groups is 1. The van der Waals surface area contributed by atoms with E-state index in [-0.39, 0.29) is 5.97 Å². The zero-order valence-corrected chi connectivity index (χ0v) is 10.2. The maximum absolute atomic E-state index is 10.9. The molecule has 15 heavy (non-hydrogen) atoms. The molecule has 2 heteroatoms. The summed E-state index contributed by atoms with van der Waals surface area (Å²) < 4.78 is 5.00. The van der Waals surface area contributed by atoms with Crippen LogP contribution in [0.25, 0.3) is 0 Å². The lowest BCUT2D eigenvalue weighted by molar-refractivity contribution is -0.139. The van der Waals surface area contributed by atoms with E-state index >= 15 is 0 Å². The van der Waals surface area contributed by atoms with Crippen LogP contribution in [-0.4, -0.2) is 12.6 Å². The van der Waals surface area contributed by atoms with Gasteiger partial charge < -0.3 is 4.74 Å². The molecule has 1 unspecified atom stereocenters. The van der Waals surface area contributed by atoms with Gasteiger partial charge in [-0.3, -0.25) is 0 Å². The van der Waals surface area contributed by atoms with Crippen molar-refractivity contribution in [2.75, 3.05) is 6.61 Å². The molecule has 0 amide bonds. The van der Waals surface area contributed by atoms with Crippen LogP contribution in [0.15, 0.2) is 24.3 Å². The topological polar surface area (TPSA) is 26.3 Å². The van der Waals surface area contributed by atoms with Crippen LogP contribution < -0.4 is 0 Å². The maximum Gasteiger partial charge on any atom is 0.330 e. The minimum Gasteiger partial charge on any atom is -0.462 e. The second-order valence-electron chi connectivity index (χ2n) is 4.31. The third-order valence-corrected chi connectivity index (χ3v) is 2.52. The molecule has 0 aromatic rings. The molecule has 0 aliphatic rings. The van der Waals surface area contributed by atoms with Gasteiger partial charge in [-0.05, 0) is 32.1 Å². The summed E-state index contributed by atoms with van der Waals surface area (Å²) in [6.45, 7) is 12.3. The molecule has 86 valence electrons. The van der Waals surface area contributed by atoms with Crippen LogP contribution in [0.3, 0.4) is 0 Å². The predicted octanol–water partition coefficient (Wildman–Crippen LogP) is 3.34. The van der Waals surface area contributed by atoms with Gasteiger partial charge in [0.2, 0.25) is 0 Å². The standard InChI is InChI=1S/C13H22O2/c1-6-13(14)15-9-12(5)11(4)8-7-10(2)3/h6-7,11-12H,1,8-9H2,2-5H3/t11-,12?/m1/s1. The van der Waals surface area contributed by atoms with E-state index in [9.17, 15) is 4.79 Å². The molecular formula is C13H22O2. The molecule has 0 saturated carbocycles. The van der Waals surface area contributed by atoms with Crippen molar-refractivity contribution >= 4 is 5.97 Å². The molecular weight excluding hydrogens is 188 g/mol. The Kier molecular flexibility index (Phi) is 6.76. The first-order chi connectivity index (χ1) is 6.97. The molecule has 0 fully saturated rings. The molecule has 2 nitrogen and oxygen atoms in total. The van der Waals surface area contributed by atoms with Crippen molar-refractivity contribution in [2.45, 2.75) is 34.1 Å². The molecule has 0 aromatic carbocycles. The van der Waals surface area contributed by atoms with Gasteiger partial charge in [0.1, 0.15) is 0 Å². The van der Waals surface area contributed by atoms with E-state index in [1.165, 1.54) is 11.6 Å². The zero-order chi connectivity index (χ0) is 11.8. The van der Waals surface area contributed by atoms with Crippen LogP contribution in [0, 0.1) is 11.8 Å². The number of carbonyl (C=O) groups excluding carboxylic acids is 1. The molecule has 0 aromatic heterocycles. The van der Waals surface area contributed by atoms with E-state index in [1.54, 1.807) is 0 Å². The van der Waals surface area contributed by atoms with Crippen molar-refractivity contribution in [3.8, 4) is 0 Å². The summed E-state index contributed by atoms with van der Waals surface area (Å²) in [5.41, 5.74) is 1.33. The highest BCUT2D eigenvalue weighted by Gasteiger charge is 2.12. The fourth-order valence-corrected chi connectivity index (χ4v) is 1.09. The third kappa shape index (κ3) is 6.95. The van der Waals surface area contributed by atoms with Gasteiger partial charge in [0.25, 0.3) is 0 Å². The quantitative estimate of drug-likeness (QED) is 0.382. The lowest BCUT2D eigenvalue weighted by atomic mass is 9.93. The van der Waals surface area contributed by atoms with Gasteiger partial charge in [-0.1, -0.05) is 32.1 Å². The first kappa shape index (κ1) is 13.9. The third-order valence-electron chi connectivity index (χ3n) is 2.52. The van der Waals surface area contributed by atoms with E-state index in [1.807, 2.05) is 0 Å². The average molecular weight is 210 g/mol. The van der Waals surface area contributed by atoms with Gasteiger partial charge in [-0.25, -0.2) is 4.79 Å². The van der Waals surface area contributed by atoms with Gasteiger partial charge in [-0.2, -0.15) is 0 Å². The van der Waals surface area contributed by atoms with Crippen LogP contribution in [0.5, 0.6) is 0 Å². The highest BCUT2D eigenvalue weighted by Crippen LogP contribution is 2.16. The lowest BCUT2D eigenvalue weighted by Crippen LogP contribution is -2.16. The van der Waals surface area contributed by atoms with Crippen molar-refractivity contribution in [3.63, 3.8) is 0 Å². The van der Waals surface area contributed by atoms with Crippen molar-refractivity contribution < 1.29 is 9.53 Å². The van der Waals surface area contributed by atoms with E-state index in [0.29, 0.717) is 18.4 Å². The smallest absolute Gasteiger partial charge is 0.330 e. The zero-order valence-electron chi connectivity index (χ0n) is 10.2. The average Bonchev–Trinajstić information content (AvgIpc) is 2.21. The molecule has 2 atom stereocenters. The number of rotatable bonds is 6. The minimum absolute atomic E-state index is 0.337. The minimum atomic E-state index is -0.337. The second kappa shape index (κ2) is 7.27. The van der Waals surface area contributed by atoms with Gasteiger partial charge in [-0.15, -0.1) is 0 Å². The van der Waals surface area contributed by atoms with Crippen molar-refractivity contribution in [3.05, 3.63) is 24.3 Å². The molecule has 0 N–H and O–H groups in total. The van der Waals surface area contributed by atoms with Crippen LogP contribution in [0.1, 0.15) is 34.1 Å². The SMILES string of the molecule is C=CC(=O)OCC(C)[C@H](C)CC=C(C)C. The summed E-state index contributed by atoms with van der Waals surface area (Å²) in [6, 6.07) is 0. The first-order valence-corrected chi connectivity index (χ1v) is 5.40. The molecule has 0 aliphatic carbocycles. The number of hydrogen-bond donors (Lipinski definition) is 0. The van der Waals surface area contributed by atoms with E-state index in [0.717, 1.165) is 6.42 Å². The van der Waals surface area contributed by atoms with Gasteiger partial charge >= 0.3 is 5.97 Å². The summed E-state index contributed by atoms with van der Waals surface area (Å²) in [5, 5.41) is 0. The van der Waals surface area contributed by atoms with Crippen molar-refractivity contribution in [1.82, 2.24) is 0 Å². The predicted molar refractivity (Wildman–Crippen MR) is 63.5 cm³/mol. The summed E-state index contributed by atoms with van der Waals surface area (Å²) in [5.74, 6) is 0.568. The van der Waals surface area contributed by atoms with E-state index in [2.05, 4.69) is 40.3 Å². The van der Waals surface area contributed by atoms with Crippen LogP contribution in [-0.2, 0) is 9.53 Å². The van der Waals surface area contributed by atoms with Crippen LogP contribution in [0.2, 0.25) is 0 Å². The second-order valence-corrected chi connectivity index (χ2v) is 4.31. The molecule has 0 saturated heterocycles. The Labute approximate surface area is 93.0 Å². The summed E-state index contributed by atoms with van der Waals surface area (Å²) >= 11 is 0. The van der Waals surface area contributed by atoms with Crippen LogP contribution >= 0.6 is 0 Å². The molecule has 0 spiro atoms. The highest BCUT2D eigenvalue weighted by molar-refractivity contribution is 5.81. The van der Waals surface area contributed by atoms with E-state index < -0.39 is 0 Å². The fourth-order valence-electron chi connectivity index (χ4n) is 1.09. The maximum atomic E-state index is 10.9. The van der Waals surface area contributed by atoms with Gasteiger partial charge in [0, 0.05) is 6.08 Å². The number of esters is 1. The summed E-state index contributed by atoms with van der Waals surface area (Å²) in [4.78, 5) is 10.9. The van der Waals surface area contributed by atoms with Crippen molar-refractivity contribution in [1.29, 1.82) is 0 Å². The Morgan fingerprint density at radius 3 is 2.40 bits per heavy atom. The molecule has 0 aliphatic heterocycles. The monoisotopic (exact) mass is 210 g/mol. The Bertz CT molecular complexity index is 237. The number of allylic oxidation sites excluding steroid dienone is 2. The fraction of sp³-hybridized carbons (Fsp3) is 0.615. The van der Waals surface area contributed by atoms with Gasteiger partial charge in [0.15, 0.2) is 0 Å². The Balaban J connectivity index is 3.88. The number of hydrogen-bond acceptors (Lipinski definition) is 2. The Hall–Kier alpha value is -1.05. The summed E-state index contributed by atoms with van der Waals surface area (Å²) in [6.07, 6.45) is 4.46. The Morgan fingerprint density at radius 1 is 1.33 bits per heavy atom. The van der Waals surface area contributed by atoms with Crippen molar-refractivity contribution in [2.24, 2.45) is 11.8 Å². The van der Waals surface area contributed by atoms with Gasteiger partial charge in [0.05, 0.1) is 6.61 Å². The molecule has 0 rings (SSSR count). The normalized spacial score (nSPS) is 13.9. The first-order valence-electron chi connectivity index (χ1n) is 5.40. The Morgan fingerprint density at radius 2 is 1.93 bits per heavy atom. The lowest BCUT2D eigenvalue weighted by Gasteiger charge is -2.18. The molecule has 0 bridgehead atoms. The summed E-state index contributed by atoms with van der Waals surface area (Å²) in [7, 11) is 0. The largest absolute Gasteiger partial charge is 0.462 e.